The molecule has 0 atom stereocenters. The summed E-state index contributed by atoms with van der Waals surface area (Å²) in [5, 5.41) is 13.4. The number of hydrogen-bond acceptors (Lipinski definition) is 5. The van der Waals surface area contributed by atoms with Crippen molar-refractivity contribution in [2.75, 3.05) is 4.90 Å². The quantitative estimate of drug-likeness (QED) is 0.173. The highest BCUT2D eigenvalue weighted by molar-refractivity contribution is 6.09. The lowest BCUT2D eigenvalue weighted by Crippen LogP contribution is -2.36. The molecule has 6 nitrogen and oxygen atoms in total. The summed E-state index contributed by atoms with van der Waals surface area (Å²) < 4.78 is 2.40. The fraction of sp³-hybridized carbons (Fsp3) is 0.0169. The number of anilines is 3. The minimum Gasteiger partial charge on any atom is -0.310 e. The first-order valence-corrected chi connectivity index (χ1v) is 21.8. The van der Waals surface area contributed by atoms with Gasteiger partial charge >= 0.3 is 0 Å². The smallest absolute Gasteiger partial charge is 0.165 e. The summed E-state index contributed by atoms with van der Waals surface area (Å²) >= 11 is 0. The van der Waals surface area contributed by atoms with Gasteiger partial charge in [-0.2, -0.15) is 5.26 Å². The third-order valence-corrected chi connectivity index (χ3v) is 13.3. The predicted molar refractivity (Wildman–Crippen MR) is 261 cm³/mol. The van der Waals surface area contributed by atoms with Crippen LogP contribution in [0.3, 0.4) is 0 Å². The Morgan fingerprint density at radius 1 is 0.385 bits per heavy atom. The highest BCUT2D eigenvalue weighted by Gasteiger charge is 2.51. The van der Waals surface area contributed by atoms with E-state index in [1.54, 1.807) is 0 Å². The Morgan fingerprint density at radius 3 is 1.49 bits per heavy atom. The lowest BCUT2D eigenvalue weighted by Gasteiger charge is -2.45. The zero-order chi connectivity index (χ0) is 43.1. The van der Waals surface area contributed by atoms with Crippen molar-refractivity contribution in [2.24, 2.45) is 0 Å². The van der Waals surface area contributed by atoms with Crippen LogP contribution in [0.1, 0.15) is 27.8 Å². The number of nitriles is 1. The normalized spacial score (nSPS) is 13.0. The molecule has 0 saturated carbocycles. The van der Waals surface area contributed by atoms with E-state index in [9.17, 15) is 5.26 Å². The first kappa shape index (κ1) is 36.7. The predicted octanol–water partition coefficient (Wildman–Crippen LogP) is 14.0. The molecule has 2 aromatic heterocycles. The molecule has 3 heterocycles. The molecular formula is C59H36N6. The van der Waals surface area contributed by atoms with Crippen LogP contribution >= 0.6 is 0 Å². The van der Waals surface area contributed by atoms with E-state index in [0.29, 0.717) is 28.6 Å². The number of fused-ring (bicyclic) bond motifs is 12. The van der Waals surface area contributed by atoms with Crippen LogP contribution in [0, 0.1) is 11.3 Å². The van der Waals surface area contributed by atoms with E-state index < -0.39 is 5.41 Å². The Kier molecular flexibility index (Phi) is 8.08. The number of rotatable bonds is 5. The van der Waals surface area contributed by atoms with Crippen molar-refractivity contribution in [3.8, 4) is 57.0 Å². The molecule has 0 N–H and O–H groups in total. The second-order valence-electron chi connectivity index (χ2n) is 16.6. The number of hydrogen-bond donors (Lipinski definition) is 0. The number of aromatic nitrogens is 4. The van der Waals surface area contributed by atoms with Crippen LogP contribution in [0.25, 0.3) is 72.8 Å². The lowest BCUT2D eigenvalue weighted by atomic mass is 9.64. The van der Waals surface area contributed by atoms with E-state index in [1.165, 1.54) is 55.2 Å². The van der Waals surface area contributed by atoms with Crippen molar-refractivity contribution in [1.82, 2.24) is 19.5 Å². The van der Waals surface area contributed by atoms with Gasteiger partial charge in [-0.05, 0) is 88.0 Å². The van der Waals surface area contributed by atoms with Crippen molar-refractivity contribution < 1.29 is 0 Å². The number of nitrogens with zero attached hydrogens (tertiary/aromatic N) is 6. The minimum atomic E-state index is -0.612. The summed E-state index contributed by atoms with van der Waals surface area (Å²) in [6, 6.07) is 79.3. The van der Waals surface area contributed by atoms with Crippen molar-refractivity contribution in [3.63, 3.8) is 0 Å². The van der Waals surface area contributed by atoms with Gasteiger partial charge in [0.25, 0.3) is 0 Å². The number of para-hydroxylation sites is 4. The van der Waals surface area contributed by atoms with Gasteiger partial charge in [0.2, 0.25) is 0 Å². The van der Waals surface area contributed by atoms with E-state index in [1.807, 2.05) is 72.8 Å². The second kappa shape index (κ2) is 14.3. The molecular weight excluding hydrogens is 793 g/mol. The standard InChI is InChI=1S/C59H36N6/c60-37-40-35-41(31-33-43(40)58-62-56(38-17-3-1-4-18-38)61-57(63-58)39-19-5-2-6-20-39)65-54-29-15-11-25-50(54)59(51-26-12-16-30-55(51)65)48-24-10-7-21-44(48)47-36-42(32-34-49(47)59)64-52-27-13-8-22-45(52)46-23-9-14-28-53(46)64/h1-36H. The largest absolute Gasteiger partial charge is 0.310 e. The van der Waals surface area contributed by atoms with E-state index in [-0.39, 0.29) is 0 Å². The molecule has 1 aliphatic carbocycles. The Morgan fingerprint density at radius 2 is 0.877 bits per heavy atom. The van der Waals surface area contributed by atoms with Gasteiger partial charge in [-0.1, -0.05) is 164 Å². The van der Waals surface area contributed by atoms with Crippen LogP contribution in [0.15, 0.2) is 218 Å². The van der Waals surface area contributed by atoms with Crippen LogP contribution in [0.5, 0.6) is 0 Å². The summed E-state index contributed by atoms with van der Waals surface area (Å²) in [6.07, 6.45) is 0. The fourth-order valence-electron chi connectivity index (χ4n) is 10.6. The Bertz CT molecular complexity index is 3590. The van der Waals surface area contributed by atoms with Crippen LogP contribution in [0.4, 0.5) is 17.1 Å². The molecule has 0 bridgehead atoms. The summed E-state index contributed by atoms with van der Waals surface area (Å²) in [7, 11) is 0. The van der Waals surface area contributed by atoms with Crippen LogP contribution < -0.4 is 4.90 Å². The summed E-state index contributed by atoms with van der Waals surface area (Å²) in [5.41, 5.74) is 16.0. The third kappa shape index (κ3) is 5.36. The van der Waals surface area contributed by atoms with E-state index >= 15 is 0 Å². The average molecular weight is 829 g/mol. The molecule has 0 saturated heterocycles. The maximum atomic E-state index is 10.9. The Hall–Kier alpha value is -8.92. The van der Waals surface area contributed by atoms with Crippen molar-refractivity contribution in [1.29, 1.82) is 5.26 Å². The molecule has 65 heavy (non-hydrogen) atoms. The topological polar surface area (TPSA) is 70.6 Å². The number of benzene rings is 9. The van der Waals surface area contributed by atoms with E-state index in [0.717, 1.165) is 33.9 Å². The van der Waals surface area contributed by atoms with E-state index in [2.05, 4.69) is 161 Å². The van der Waals surface area contributed by atoms with Crippen LogP contribution in [0.2, 0.25) is 0 Å². The van der Waals surface area contributed by atoms with Crippen molar-refractivity contribution >= 4 is 38.9 Å². The highest BCUT2D eigenvalue weighted by atomic mass is 15.2. The molecule has 2 aliphatic rings. The molecule has 1 aliphatic heterocycles. The van der Waals surface area contributed by atoms with Crippen LogP contribution in [-0.4, -0.2) is 19.5 Å². The van der Waals surface area contributed by atoms with Gasteiger partial charge in [0.05, 0.1) is 39.5 Å². The molecule has 6 heteroatoms. The Labute approximate surface area is 375 Å². The SMILES string of the molecule is N#Cc1cc(N2c3ccccc3C3(c4ccccc4-c4cc(-n5c6ccccc6c6ccccc65)ccc43)c3ccccc32)ccc1-c1nc(-c2ccccc2)nc(-c2ccccc2)n1. The average Bonchev–Trinajstić information content (AvgIpc) is 3.87. The first-order chi connectivity index (χ1) is 32.2. The van der Waals surface area contributed by atoms with Crippen LogP contribution in [-0.2, 0) is 5.41 Å². The zero-order valence-corrected chi connectivity index (χ0v) is 35.0. The van der Waals surface area contributed by atoms with Crippen molar-refractivity contribution in [2.45, 2.75) is 5.41 Å². The molecule has 302 valence electrons. The lowest BCUT2D eigenvalue weighted by molar-refractivity contribution is 0.752. The maximum Gasteiger partial charge on any atom is 0.165 e. The maximum absolute atomic E-state index is 10.9. The molecule has 0 amide bonds. The molecule has 13 rings (SSSR count). The van der Waals surface area contributed by atoms with Gasteiger partial charge in [0.15, 0.2) is 17.5 Å². The molecule has 9 aromatic carbocycles. The van der Waals surface area contributed by atoms with Gasteiger partial charge in [0.1, 0.15) is 0 Å². The zero-order valence-electron chi connectivity index (χ0n) is 35.0. The summed E-state index contributed by atoms with van der Waals surface area (Å²) in [4.78, 5) is 17.2. The summed E-state index contributed by atoms with van der Waals surface area (Å²) in [6.45, 7) is 0. The van der Waals surface area contributed by atoms with Crippen molar-refractivity contribution in [3.05, 3.63) is 246 Å². The minimum absolute atomic E-state index is 0.443. The van der Waals surface area contributed by atoms with Gasteiger partial charge in [0, 0.05) is 38.8 Å². The molecule has 0 fully saturated rings. The van der Waals surface area contributed by atoms with Gasteiger partial charge < -0.3 is 9.47 Å². The third-order valence-electron chi connectivity index (χ3n) is 13.3. The fourth-order valence-corrected chi connectivity index (χ4v) is 10.6. The molecule has 1 spiro atoms. The van der Waals surface area contributed by atoms with Gasteiger partial charge in [-0.3, -0.25) is 0 Å². The van der Waals surface area contributed by atoms with Gasteiger partial charge in [-0.15, -0.1) is 0 Å². The molecule has 0 radical (unpaired) electrons. The Balaban J connectivity index is 0.991. The highest BCUT2D eigenvalue weighted by Crippen LogP contribution is 2.63. The van der Waals surface area contributed by atoms with Gasteiger partial charge in [-0.25, -0.2) is 15.0 Å². The first-order valence-electron chi connectivity index (χ1n) is 21.8. The van der Waals surface area contributed by atoms with E-state index in [4.69, 9.17) is 15.0 Å². The molecule has 0 unspecified atom stereocenters. The monoisotopic (exact) mass is 828 g/mol. The summed E-state index contributed by atoms with van der Waals surface area (Å²) in [5.74, 6) is 1.54. The molecule has 11 aromatic rings. The second-order valence-corrected chi connectivity index (χ2v) is 16.6.